The van der Waals surface area contributed by atoms with E-state index in [-0.39, 0.29) is 35.6 Å². The highest BCUT2D eigenvalue weighted by molar-refractivity contribution is 6.09. The first-order valence-electron chi connectivity index (χ1n) is 8.99. The average Bonchev–Trinajstić information content (AvgIpc) is 2.97. The first-order valence-corrected chi connectivity index (χ1v) is 8.99. The fraction of sp³-hybridized carbons (Fsp3) is 0.684. The molecule has 0 radical (unpaired) electrons. The quantitative estimate of drug-likeness (QED) is 0.721. The number of esters is 1. The van der Waals surface area contributed by atoms with Crippen LogP contribution in [0.25, 0.3) is 0 Å². The van der Waals surface area contributed by atoms with Gasteiger partial charge in [-0.15, -0.1) is 0 Å². The van der Waals surface area contributed by atoms with Crippen molar-refractivity contribution in [3.05, 3.63) is 22.8 Å². The molecule has 4 rings (SSSR count). The zero-order chi connectivity index (χ0) is 16.8. The normalized spacial score (nSPS) is 37.0. The van der Waals surface area contributed by atoms with Gasteiger partial charge in [-0.2, -0.15) is 0 Å². The van der Waals surface area contributed by atoms with Crippen LogP contribution in [0.1, 0.15) is 26.7 Å². The molecular formula is C19H25NO4. The molecule has 130 valence electrons. The van der Waals surface area contributed by atoms with Gasteiger partial charge in [0.05, 0.1) is 19.1 Å². The van der Waals surface area contributed by atoms with Gasteiger partial charge in [0, 0.05) is 37.0 Å². The molecule has 4 atom stereocenters. The zero-order valence-electron chi connectivity index (χ0n) is 14.4. The lowest BCUT2D eigenvalue weighted by atomic mass is 9.80. The number of nitrogens with zero attached hydrogens (tertiary/aromatic N) is 1. The zero-order valence-corrected chi connectivity index (χ0v) is 14.4. The standard InChI is InChI=1S/C19H25NO4/c1-11-3-4-13-14(10-20-5-7-23-8-6-20)19(22)24-18(13)17-12(2)9-15(21)16(11)17/h9,13-14,17-18H,3-8,10H2,1-2H3/t13-,14-,17-,18?/m0/s1. The van der Waals surface area contributed by atoms with Gasteiger partial charge in [-0.3, -0.25) is 14.5 Å². The van der Waals surface area contributed by atoms with Gasteiger partial charge < -0.3 is 9.47 Å². The van der Waals surface area contributed by atoms with Crippen molar-refractivity contribution in [3.8, 4) is 0 Å². The first-order chi connectivity index (χ1) is 11.6. The summed E-state index contributed by atoms with van der Waals surface area (Å²) in [4.78, 5) is 27.2. The predicted molar refractivity (Wildman–Crippen MR) is 88.3 cm³/mol. The summed E-state index contributed by atoms with van der Waals surface area (Å²) >= 11 is 0. The van der Waals surface area contributed by atoms with Crippen LogP contribution in [0.3, 0.4) is 0 Å². The summed E-state index contributed by atoms with van der Waals surface area (Å²) in [5.41, 5.74) is 3.11. The number of rotatable bonds is 2. The number of ketones is 1. The van der Waals surface area contributed by atoms with Gasteiger partial charge in [-0.05, 0) is 32.8 Å². The minimum Gasteiger partial charge on any atom is -0.461 e. The molecule has 5 nitrogen and oxygen atoms in total. The minimum absolute atomic E-state index is 0.0244. The topological polar surface area (TPSA) is 55.8 Å². The molecule has 0 aromatic carbocycles. The molecule has 2 aliphatic carbocycles. The molecule has 24 heavy (non-hydrogen) atoms. The summed E-state index contributed by atoms with van der Waals surface area (Å²) in [5.74, 6) is 0.130. The highest BCUT2D eigenvalue weighted by atomic mass is 16.6. The van der Waals surface area contributed by atoms with Gasteiger partial charge in [0.2, 0.25) is 0 Å². The third-order valence-corrected chi connectivity index (χ3v) is 6.12. The number of carbonyl (C=O) groups excluding carboxylic acids is 2. The molecule has 1 unspecified atom stereocenters. The lowest BCUT2D eigenvalue weighted by Crippen LogP contribution is -2.42. The molecule has 0 aromatic rings. The van der Waals surface area contributed by atoms with Gasteiger partial charge in [-0.1, -0.05) is 11.1 Å². The van der Waals surface area contributed by atoms with E-state index in [4.69, 9.17) is 9.47 Å². The molecule has 5 heteroatoms. The van der Waals surface area contributed by atoms with E-state index >= 15 is 0 Å². The van der Waals surface area contributed by atoms with Crippen LogP contribution in [0, 0.1) is 17.8 Å². The average molecular weight is 331 g/mol. The third-order valence-electron chi connectivity index (χ3n) is 6.12. The van der Waals surface area contributed by atoms with Crippen LogP contribution in [0.4, 0.5) is 0 Å². The molecule has 0 aromatic heterocycles. The van der Waals surface area contributed by atoms with E-state index in [1.165, 1.54) is 5.57 Å². The van der Waals surface area contributed by atoms with E-state index in [1.54, 1.807) is 6.08 Å². The minimum atomic E-state index is -0.168. The Morgan fingerprint density at radius 2 is 1.96 bits per heavy atom. The molecule has 2 saturated heterocycles. The second-order valence-electron chi connectivity index (χ2n) is 7.55. The maximum Gasteiger partial charge on any atom is 0.310 e. The van der Waals surface area contributed by atoms with E-state index in [0.29, 0.717) is 0 Å². The Hall–Kier alpha value is -1.46. The Labute approximate surface area is 142 Å². The number of hydrogen-bond donors (Lipinski definition) is 0. The van der Waals surface area contributed by atoms with E-state index in [9.17, 15) is 9.59 Å². The number of ether oxygens (including phenoxy) is 2. The summed E-state index contributed by atoms with van der Waals surface area (Å²) in [5, 5.41) is 0. The lowest BCUT2D eigenvalue weighted by molar-refractivity contribution is -0.145. The van der Waals surface area contributed by atoms with Crippen molar-refractivity contribution in [3.63, 3.8) is 0 Å². The van der Waals surface area contributed by atoms with Crippen LogP contribution in [0.15, 0.2) is 22.8 Å². The molecule has 0 saturated carbocycles. The highest BCUT2D eigenvalue weighted by Crippen LogP contribution is 2.47. The monoisotopic (exact) mass is 331 g/mol. The van der Waals surface area contributed by atoms with E-state index < -0.39 is 0 Å². The van der Waals surface area contributed by atoms with Crippen molar-refractivity contribution in [1.82, 2.24) is 4.90 Å². The molecule has 4 aliphatic rings. The summed E-state index contributed by atoms with van der Waals surface area (Å²) in [6.45, 7) is 8.04. The van der Waals surface area contributed by atoms with E-state index in [2.05, 4.69) is 11.8 Å². The SMILES string of the molecule is CC1=CC(=O)C2=C(C)CC[C@@H]3C(OC(=O)[C@H]3CN3CCOCC3)[C@@H]12. The van der Waals surface area contributed by atoms with Gasteiger partial charge in [-0.25, -0.2) is 0 Å². The Bertz CT molecular complexity index is 629. The molecule has 0 bridgehead atoms. The largest absolute Gasteiger partial charge is 0.461 e. The van der Waals surface area contributed by atoms with Crippen LogP contribution in [0.5, 0.6) is 0 Å². The summed E-state index contributed by atoms with van der Waals surface area (Å²) in [6, 6.07) is 0. The number of carbonyl (C=O) groups is 2. The third kappa shape index (κ3) is 2.54. The van der Waals surface area contributed by atoms with Gasteiger partial charge in [0.25, 0.3) is 0 Å². The number of morpholine rings is 1. The van der Waals surface area contributed by atoms with Crippen LogP contribution < -0.4 is 0 Å². The highest BCUT2D eigenvalue weighted by Gasteiger charge is 2.52. The molecule has 2 fully saturated rings. The van der Waals surface area contributed by atoms with Gasteiger partial charge >= 0.3 is 5.97 Å². The molecular weight excluding hydrogens is 306 g/mol. The van der Waals surface area contributed by atoms with Crippen LogP contribution in [-0.2, 0) is 19.1 Å². The van der Waals surface area contributed by atoms with Crippen molar-refractivity contribution < 1.29 is 19.1 Å². The maximum absolute atomic E-state index is 12.6. The Kier molecular flexibility index (Phi) is 4.09. The second kappa shape index (κ2) is 6.12. The van der Waals surface area contributed by atoms with Crippen LogP contribution in [-0.4, -0.2) is 55.6 Å². The molecule has 2 heterocycles. The molecule has 0 N–H and O–H groups in total. The summed E-state index contributed by atoms with van der Waals surface area (Å²) < 4.78 is 11.3. The van der Waals surface area contributed by atoms with Crippen LogP contribution in [0.2, 0.25) is 0 Å². The summed E-state index contributed by atoms with van der Waals surface area (Å²) in [6.07, 6.45) is 3.38. The van der Waals surface area contributed by atoms with E-state index in [1.807, 2.05) is 6.92 Å². The Morgan fingerprint density at radius 1 is 1.21 bits per heavy atom. The Balaban J connectivity index is 1.59. The number of fused-ring (bicyclic) bond motifs is 3. The fourth-order valence-electron chi connectivity index (χ4n) is 4.84. The second-order valence-corrected chi connectivity index (χ2v) is 7.55. The van der Waals surface area contributed by atoms with Crippen molar-refractivity contribution >= 4 is 11.8 Å². The molecule has 0 spiro atoms. The van der Waals surface area contributed by atoms with E-state index in [0.717, 1.165) is 56.8 Å². The Morgan fingerprint density at radius 3 is 2.71 bits per heavy atom. The number of allylic oxidation sites excluding steroid dienone is 2. The van der Waals surface area contributed by atoms with Gasteiger partial charge in [0.15, 0.2) is 5.78 Å². The maximum atomic E-state index is 12.6. The fourth-order valence-corrected chi connectivity index (χ4v) is 4.84. The number of hydrogen-bond acceptors (Lipinski definition) is 5. The van der Waals surface area contributed by atoms with Crippen molar-refractivity contribution in [2.75, 3.05) is 32.8 Å². The predicted octanol–water partition coefficient (Wildman–Crippen LogP) is 1.73. The van der Waals surface area contributed by atoms with Crippen molar-refractivity contribution in [1.29, 1.82) is 0 Å². The smallest absolute Gasteiger partial charge is 0.310 e. The summed E-state index contributed by atoms with van der Waals surface area (Å²) in [7, 11) is 0. The van der Waals surface area contributed by atoms with Crippen LogP contribution >= 0.6 is 0 Å². The van der Waals surface area contributed by atoms with Crippen molar-refractivity contribution in [2.24, 2.45) is 17.8 Å². The first kappa shape index (κ1) is 16.0. The molecule has 2 aliphatic heterocycles. The van der Waals surface area contributed by atoms with Gasteiger partial charge in [0.1, 0.15) is 6.10 Å². The lowest BCUT2D eigenvalue weighted by Gasteiger charge is -2.30. The molecule has 0 amide bonds. The van der Waals surface area contributed by atoms with Crippen molar-refractivity contribution in [2.45, 2.75) is 32.8 Å².